The first-order chi connectivity index (χ1) is 38.5. The maximum absolute atomic E-state index is 12.9. The van der Waals surface area contributed by atoms with Gasteiger partial charge in [-0.3, -0.25) is 14.4 Å². The fraction of sp³-hybridized carbons (Fsp3) is 0.736. The first kappa shape index (κ1) is 74.3. The number of rotatable bonds is 60. The molecule has 0 aromatic heterocycles. The molecule has 448 valence electrons. The Morgan fingerprint density at radius 2 is 0.500 bits per heavy atom. The average Bonchev–Trinajstić information content (AvgIpc) is 3.44. The zero-order valence-corrected chi connectivity index (χ0v) is 51.4. The Morgan fingerprint density at radius 1 is 0.269 bits per heavy atom. The van der Waals surface area contributed by atoms with Crippen LogP contribution in [0.2, 0.25) is 0 Å². The number of hydrogen-bond acceptors (Lipinski definition) is 6. The lowest BCUT2D eigenvalue weighted by molar-refractivity contribution is -0.167. The Kier molecular flexibility index (Phi) is 62.7. The van der Waals surface area contributed by atoms with E-state index in [4.69, 9.17) is 14.2 Å². The third-order valence-corrected chi connectivity index (χ3v) is 14.3. The fourth-order valence-corrected chi connectivity index (χ4v) is 9.36. The molecular weight excluding hydrogens is 961 g/mol. The van der Waals surface area contributed by atoms with E-state index in [-0.39, 0.29) is 31.1 Å². The van der Waals surface area contributed by atoms with Gasteiger partial charge in [-0.25, -0.2) is 0 Å². The van der Waals surface area contributed by atoms with Crippen molar-refractivity contribution in [3.63, 3.8) is 0 Å². The second kappa shape index (κ2) is 65.8. The van der Waals surface area contributed by atoms with Crippen molar-refractivity contribution in [3.05, 3.63) is 97.2 Å². The highest BCUT2D eigenvalue weighted by molar-refractivity contribution is 5.71. The molecule has 0 aromatic carbocycles. The highest BCUT2D eigenvalue weighted by atomic mass is 16.6. The van der Waals surface area contributed by atoms with Gasteiger partial charge in [-0.1, -0.05) is 298 Å². The molecule has 6 heteroatoms. The molecule has 0 amide bonds. The largest absolute Gasteiger partial charge is 0.462 e. The summed E-state index contributed by atoms with van der Waals surface area (Å²) in [5.74, 6) is -0.881. The Morgan fingerprint density at radius 3 is 0.782 bits per heavy atom. The third-order valence-electron chi connectivity index (χ3n) is 14.3. The van der Waals surface area contributed by atoms with Crippen molar-refractivity contribution >= 4 is 17.9 Å². The van der Waals surface area contributed by atoms with Crippen LogP contribution in [0.15, 0.2) is 97.2 Å². The number of unbranched alkanes of at least 4 members (excludes halogenated alkanes) is 33. The summed E-state index contributed by atoms with van der Waals surface area (Å²) < 4.78 is 16.9. The van der Waals surface area contributed by atoms with Gasteiger partial charge in [0.15, 0.2) is 6.10 Å². The van der Waals surface area contributed by atoms with Crippen molar-refractivity contribution in [2.75, 3.05) is 13.2 Å². The van der Waals surface area contributed by atoms with Crippen molar-refractivity contribution in [2.24, 2.45) is 0 Å². The summed E-state index contributed by atoms with van der Waals surface area (Å²) in [4.78, 5) is 38.2. The summed E-state index contributed by atoms with van der Waals surface area (Å²) in [6, 6.07) is 0. The van der Waals surface area contributed by atoms with Crippen LogP contribution >= 0.6 is 0 Å². The number of allylic oxidation sites excluding steroid dienone is 16. The molecule has 0 fully saturated rings. The molecule has 0 aliphatic heterocycles. The van der Waals surface area contributed by atoms with Gasteiger partial charge in [0.05, 0.1) is 0 Å². The third kappa shape index (κ3) is 63.2. The number of ether oxygens (including phenoxy) is 3. The van der Waals surface area contributed by atoms with Crippen LogP contribution < -0.4 is 0 Å². The Bertz CT molecular complexity index is 1530. The number of carbonyl (C=O) groups excluding carboxylic acids is 3. The maximum atomic E-state index is 12.9. The summed E-state index contributed by atoms with van der Waals surface area (Å²) in [6.45, 7) is 6.51. The van der Waals surface area contributed by atoms with Gasteiger partial charge in [0, 0.05) is 19.3 Å². The van der Waals surface area contributed by atoms with Crippen LogP contribution in [0.3, 0.4) is 0 Å². The van der Waals surface area contributed by atoms with Gasteiger partial charge in [0.2, 0.25) is 0 Å². The fourth-order valence-electron chi connectivity index (χ4n) is 9.36. The Hall–Kier alpha value is -3.67. The molecule has 0 aromatic rings. The zero-order chi connectivity index (χ0) is 56.4. The molecule has 0 aliphatic carbocycles. The average molecular weight is 1090 g/mol. The van der Waals surface area contributed by atoms with Crippen LogP contribution in [-0.2, 0) is 28.6 Å². The molecule has 0 N–H and O–H groups in total. The highest BCUT2D eigenvalue weighted by Gasteiger charge is 2.19. The van der Waals surface area contributed by atoms with Crippen molar-refractivity contribution in [2.45, 2.75) is 329 Å². The summed E-state index contributed by atoms with van der Waals surface area (Å²) in [7, 11) is 0. The van der Waals surface area contributed by atoms with E-state index in [1.807, 2.05) is 0 Å². The molecule has 0 bridgehead atoms. The summed E-state index contributed by atoms with van der Waals surface area (Å²) >= 11 is 0. The molecule has 0 aliphatic rings. The summed E-state index contributed by atoms with van der Waals surface area (Å²) in [5.41, 5.74) is 0. The topological polar surface area (TPSA) is 78.9 Å². The van der Waals surface area contributed by atoms with Gasteiger partial charge in [-0.2, -0.15) is 0 Å². The lowest BCUT2D eigenvalue weighted by Crippen LogP contribution is -2.30. The van der Waals surface area contributed by atoms with Gasteiger partial charge in [-0.15, -0.1) is 0 Å². The standard InChI is InChI=1S/C72H124O6/c1-4-7-10-13-16-19-21-23-25-27-29-31-33-35-36-38-39-41-43-45-47-49-51-53-56-59-62-65-71(74)77-68-69(67-76-70(73)64-61-58-55-18-15-12-9-6-3)78-72(75)66-63-60-57-54-52-50-48-46-44-42-40-37-34-32-30-28-26-24-22-20-17-14-11-8-5-2/h7,10,16,19,22-25,28-31,35-36,39,41,69H,4-6,8-9,11-15,17-18,20-21,26-27,32-34,37-38,40,42-68H2,1-3H3/b10-7-,19-16-,24-22-,25-23-,30-28-,31-29-,36-35-,41-39-. The normalized spacial score (nSPS) is 12.7. The molecule has 78 heavy (non-hydrogen) atoms. The van der Waals surface area contributed by atoms with Crippen molar-refractivity contribution in [1.29, 1.82) is 0 Å². The molecular formula is C72H124O6. The predicted molar refractivity (Wildman–Crippen MR) is 339 cm³/mol. The molecule has 0 saturated heterocycles. The van der Waals surface area contributed by atoms with Crippen LogP contribution in [0.25, 0.3) is 0 Å². The van der Waals surface area contributed by atoms with Crippen molar-refractivity contribution in [1.82, 2.24) is 0 Å². The van der Waals surface area contributed by atoms with Crippen molar-refractivity contribution < 1.29 is 28.6 Å². The van der Waals surface area contributed by atoms with E-state index < -0.39 is 6.10 Å². The second-order valence-electron chi connectivity index (χ2n) is 22.0. The predicted octanol–water partition coefficient (Wildman–Crippen LogP) is 22.8. The van der Waals surface area contributed by atoms with Gasteiger partial charge in [0.25, 0.3) is 0 Å². The Labute approximate surface area is 483 Å². The van der Waals surface area contributed by atoms with Gasteiger partial charge in [-0.05, 0) is 103 Å². The molecule has 0 rings (SSSR count). The summed E-state index contributed by atoms with van der Waals surface area (Å²) in [5, 5.41) is 0. The van der Waals surface area contributed by atoms with Crippen LogP contribution in [0.1, 0.15) is 323 Å². The van der Waals surface area contributed by atoms with Gasteiger partial charge in [0.1, 0.15) is 13.2 Å². The van der Waals surface area contributed by atoms with E-state index in [1.54, 1.807) is 0 Å². The highest BCUT2D eigenvalue weighted by Crippen LogP contribution is 2.16. The first-order valence-electron chi connectivity index (χ1n) is 33.2. The van der Waals surface area contributed by atoms with E-state index in [0.29, 0.717) is 19.3 Å². The lowest BCUT2D eigenvalue weighted by Gasteiger charge is -2.18. The first-order valence-corrected chi connectivity index (χ1v) is 33.2. The van der Waals surface area contributed by atoms with Crippen LogP contribution in [-0.4, -0.2) is 37.2 Å². The minimum atomic E-state index is -0.780. The van der Waals surface area contributed by atoms with E-state index in [2.05, 4.69) is 118 Å². The van der Waals surface area contributed by atoms with E-state index in [0.717, 1.165) is 109 Å². The maximum Gasteiger partial charge on any atom is 0.306 e. The molecule has 1 unspecified atom stereocenters. The number of hydrogen-bond donors (Lipinski definition) is 0. The molecule has 0 radical (unpaired) electrons. The molecule has 0 spiro atoms. The monoisotopic (exact) mass is 1080 g/mol. The molecule has 0 heterocycles. The van der Waals surface area contributed by atoms with Gasteiger partial charge < -0.3 is 14.2 Å². The van der Waals surface area contributed by atoms with Crippen LogP contribution in [0.5, 0.6) is 0 Å². The molecule has 1 atom stereocenters. The minimum absolute atomic E-state index is 0.0779. The van der Waals surface area contributed by atoms with Crippen LogP contribution in [0, 0.1) is 0 Å². The SMILES string of the molecule is CC/C=C\C/C=C\C/C=C\C/C=C\C/C=C\C/C=C\CCCCCCCCCCC(=O)OCC(COC(=O)CCCCCCCCCC)OC(=O)CCCCCCCCCCCCCCC/C=C\C/C=C\CCCCCCC. The Balaban J connectivity index is 4.18. The van der Waals surface area contributed by atoms with E-state index in [1.165, 1.54) is 173 Å². The number of esters is 3. The minimum Gasteiger partial charge on any atom is -0.462 e. The summed E-state index contributed by atoms with van der Waals surface area (Å²) in [6.07, 6.45) is 88.6. The lowest BCUT2D eigenvalue weighted by atomic mass is 10.0. The van der Waals surface area contributed by atoms with Gasteiger partial charge >= 0.3 is 17.9 Å². The number of carbonyl (C=O) groups is 3. The smallest absolute Gasteiger partial charge is 0.306 e. The van der Waals surface area contributed by atoms with Crippen LogP contribution in [0.4, 0.5) is 0 Å². The quantitative estimate of drug-likeness (QED) is 0.0261. The zero-order valence-electron chi connectivity index (χ0n) is 51.4. The second-order valence-corrected chi connectivity index (χ2v) is 22.0. The molecule has 0 saturated carbocycles. The van der Waals surface area contributed by atoms with E-state index in [9.17, 15) is 14.4 Å². The van der Waals surface area contributed by atoms with Crippen molar-refractivity contribution in [3.8, 4) is 0 Å². The molecule has 6 nitrogen and oxygen atoms in total. The van der Waals surface area contributed by atoms with E-state index >= 15 is 0 Å².